The number of aliphatic hydroxyl groups excluding tert-OH is 1. The first-order valence-corrected chi connectivity index (χ1v) is 5.67. The van der Waals surface area contributed by atoms with Gasteiger partial charge in [0, 0.05) is 25.8 Å². The number of aryl methyl sites for hydroxylation is 1. The van der Waals surface area contributed by atoms with Crippen molar-refractivity contribution in [2.24, 2.45) is 0 Å². The Morgan fingerprint density at radius 3 is 2.88 bits per heavy atom. The zero-order valence-corrected chi connectivity index (χ0v) is 9.85. The van der Waals surface area contributed by atoms with Crippen LogP contribution in [0, 0.1) is 0 Å². The van der Waals surface area contributed by atoms with E-state index >= 15 is 0 Å². The fourth-order valence-electron chi connectivity index (χ4n) is 1.45. The van der Waals surface area contributed by atoms with E-state index in [0.29, 0.717) is 12.8 Å². The molecule has 0 bridgehead atoms. The molecule has 0 fully saturated rings. The van der Waals surface area contributed by atoms with Crippen LogP contribution in [0.5, 0.6) is 0 Å². The fraction of sp³-hybridized carbons (Fsp3) is 0.727. The summed E-state index contributed by atoms with van der Waals surface area (Å²) in [7, 11) is 0. The van der Waals surface area contributed by atoms with Crippen molar-refractivity contribution in [2.45, 2.75) is 38.8 Å². The van der Waals surface area contributed by atoms with Crippen LogP contribution in [0.3, 0.4) is 0 Å². The van der Waals surface area contributed by atoms with Crippen LogP contribution >= 0.6 is 0 Å². The molecule has 17 heavy (non-hydrogen) atoms. The minimum Gasteiger partial charge on any atom is -0.393 e. The van der Waals surface area contributed by atoms with Crippen LogP contribution in [0.1, 0.15) is 18.9 Å². The van der Waals surface area contributed by atoms with E-state index in [1.54, 1.807) is 10.9 Å². The average molecular weight is 248 g/mol. The smallest absolute Gasteiger partial charge is 0.261 e. The molecule has 1 rings (SSSR count). The van der Waals surface area contributed by atoms with Gasteiger partial charge in [-0.2, -0.15) is 5.10 Å². The summed E-state index contributed by atoms with van der Waals surface area (Å²) in [4.78, 5) is 0. The number of alkyl halides is 2. The summed E-state index contributed by atoms with van der Waals surface area (Å²) in [6, 6.07) is 0. The third-order valence-corrected chi connectivity index (χ3v) is 2.32. The van der Waals surface area contributed by atoms with E-state index in [0.717, 1.165) is 12.1 Å². The molecule has 98 valence electrons. The molecule has 1 heterocycles. The maximum absolute atomic E-state index is 11.7. The van der Waals surface area contributed by atoms with Gasteiger partial charge < -0.3 is 9.84 Å². The zero-order valence-electron chi connectivity index (χ0n) is 9.85. The lowest BCUT2D eigenvalue weighted by atomic mass is 10.1. The predicted molar refractivity (Wildman–Crippen MR) is 59.1 cm³/mol. The van der Waals surface area contributed by atoms with Gasteiger partial charge in [-0.15, -0.1) is 0 Å². The van der Waals surface area contributed by atoms with Crippen molar-refractivity contribution in [3.05, 3.63) is 18.0 Å². The number of nitrogens with zero attached hydrogens (tertiary/aromatic N) is 2. The molecule has 1 atom stereocenters. The molecule has 0 saturated heterocycles. The first kappa shape index (κ1) is 14.1. The van der Waals surface area contributed by atoms with Crippen molar-refractivity contribution in [3.63, 3.8) is 0 Å². The summed E-state index contributed by atoms with van der Waals surface area (Å²) in [6.07, 6.45) is 1.36. The Balaban J connectivity index is 2.18. The minimum absolute atomic E-state index is 0.146. The van der Waals surface area contributed by atoms with Gasteiger partial charge in [0.1, 0.15) is 6.61 Å². The van der Waals surface area contributed by atoms with Crippen molar-refractivity contribution >= 4 is 0 Å². The van der Waals surface area contributed by atoms with E-state index in [1.807, 2.05) is 13.1 Å². The van der Waals surface area contributed by atoms with Gasteiger partial charge in [-0.3, -0.25) is 4.68 Å². The zero-order chi connectivity index (χ0) is 12.7. The average Bonchev–Trinajstić information content (AvgIpc) is 2.72. The minimum atomic E-state index is -2.45. The molecular formula is C11H18F2N2O2. The summed E-state index contributed by atoms with van der Waals surface area (Å²) < 4.78 is 30.0. The molecule has 0 aliphatic rings. The largest absolute Gasteiger partial charge is 0.393 e. The highest BCUT2D eigenvalue weighted by Gasteiger charge is 2.08. The van der Waals surface area contributed by atoms with Crippen LogP contribution in [-0.4, -0.2) is 40.6 Å². The van der Waals surface area contributed by atoms with Crippen LogP contribution < -0.4 is 0 Å². The number of aromatic nitrogens is 2. The second-order valence-corrected chi connectivity index (χ2v) is 3.82. The lowest BCUT2D eigenvalue weighted by molar-refractivity contribution is 0.00512. The summed E-state index contributed by atoms with van der Waals surface area (Å²) in [6.45, 7) is 2.34. The van der Waals surface area contributed by atoms with E-state index < -0.39 is 19.1 Å². The number of halogens is 2. The quantitative estimate of drug-likeness (QED) is 0.709. The summed E-state index contributed by atoms with van der Waals surface area (Å²) in [5, 5.41) is 13.7. The summed E-state index contributed by atoms with van der Waals surface area (Å²) in [5.41, 5.74) is 0.938. The van der Waals surface area contributed by atoms with E-state index in [2.05, 4.69) is 5.10 Å². The van der Waals surface area contributed by atoms with Gasteiger partial charge >= 0.3 is 0 Å². The highest BCUT2D eigenvalue weighted by atomic mass is 19.3. The number of hydrogen-bond donors (Lipinski definition) is 1. The molecule has 0 aliphatic heterocycles. The second-order valence-electron chi connectivity index (χ2n) is 3.82. The molecule has 6 heteroatoms. The van der Waals surface area contributed by atoms with Crippen molar-refractivity contribution in [3.8, 4) is 0 Å². The summed E-state index contributed by atoms with van der Waals surface area (Å²) in [5.74, 6) is 0. The van der Waals surface area contributed by atoms with Crippen LogP contribution in [-0.2, 0) is 17.7 Å². The molecule has 0 aromatic carbocycles. The van der Waals surface area contributed by atoms with Crippen molar-refractivity contribution in [1.82, 2.24) is 9.78 Å². The normalized spacial score (nSPS) is 13.2. The maximum atomic E-state index is 11.7. The van der Waals surface area contributed by atoms with Crippen LogP contribution in [0.4, 0.5) is 8.78 Å². The fourth-order valence-corrected chi connectivity index (χ4v) is 1.45. The van der Waals surface area contributed by atoms with Gasteiger partial charge in [-0.05, 0) is 18.9 Å². The molecule has 1 unspecified atom stereocenters. The molecule has 1 aromatic rings. The van der Waals surface area contributed by atoms with E-state index in [1.165, 1.54) is 0 Å². The van der Waals surface area contributed by atoms with Crippen molar-refractivity contribution in [1.29, 1.82) is 0 Å². The number of ether oxygens (including phenoxy) is 1. The Kier molecular flexibility index (Phi) is 6.07. The van der Waals surface area contributed by atoms with Gasteiger partial charge in [0.05, 0.1) is 12.3 Å². The molecule has 0 amide bonds. The molecule has 0 radical (unpaired) electrons. The Morgan fingerprint density at radius 2 is 2.29 bits per heavy atom. The molecular weight excluding hydrogens is 230 g/mol. The lowest BCUT2D eigenvalue weighted by Crippen LogP contribution is -2.15. The van der Waals surface area contributed by atoms with Crippen molar-refractivity contribution < 1.29 is 18.6 Å². The topological polar surface area (TPSA) is 47.3 Å². The van der Waals surface area contributed by atoms with Gasteiger partial charge in [0.25, 0.3) is 6.43 Å². The molecule has 0 saturated carbocycles. The van der Waals surface area contributed by atoms with Gasteiger partial charge in [-0.1, -0.05) is 0 Å². The molecule has 1 N–H and O–H groups in total. The molecule has 0 aliphatic carbocycles. The standard InChI is InChI=1S/C11H18F2N2O2/c1-2-15-7-9(6-14-15)5-10(16)3-4-17-8-11(12)13/h6-7,10-11,16H,2-5,8H2,1H3. The van der Waals surface area contributed by atoms with Gasteiger partial charge in [-0.25, -0.2) is 8.78 Å². The maximum Gasteiger partial charge on any atom is 0.261 e. The Labute approximate surface area is 99.2 Å². The van der Waals surface area contributed by atoms with Gasteiger partial charge in [0.2, 0.25) is 0 Å². The first-order chi connectivity index (χ1) is 8.11. The van der Waals surface area contributed by atoms with Crippen LogP contribution in [0.15, 0.2) is 12.4 Å². The molecule has 0 spiro atoms. The van der Waals surface area contributed by atoms with Gasteiger partial charge in [0.15, 0.2) is 0 Å². The van der Waals surface area contributed by atoms with E-state index in [9.17, 15) is 13.9 Å². The Bertz CT molecular complexity index is 318. The van der Waals surface area contributed by atoms with Crippen LogP contribution in [0.25, 0.3) is 0 Å². The molecule has 4 nitrogen and oxygen atoms in total. The summed E-state index contributed by atoms with van der Waals surface area (Å²) >= 11 is 0. The number of aliphatic hydroxyl groups is 1. The Hall–Kier alpha value is -1.01. The van der Waals surface area contributed by atoms with E-state index in [-0.39, 0.29) is 6.61 Å². The van der Waals surface area contributed by atoms with Crippen molar-refractivity contribution in [2.75, 3.05) is 13.2 Å². The second kappa shape index (κ2) is 7.34. The number of hydrogen-bond acceptors (Lipinski definition) is 3. The Morgan fingerprint density at radius 1 is 1.53 bits per heavy atom. The third-order valence-electron chi connectivity index (χ3n) is 2.32. The lowest BCUT2D eigenvalue weighted by Gasteiger charge is -2.09. The van der Waals surface area contributed by atoms with E-state index in [4.69, 9.17) is 4.74 Å². The SMILES string of the molecule is CCn1cc(CC(O)CCOCC(F)F)cn1. The highest BCUT2D eigenvalue weighted by molar-refractivity contribution is 5.05. The predicted octanol–water partition coefficient (Wildman–Crippen LogP) is 1.48. The highest BCUT2D eigenvalue weighted by Crippen LogP contribution is 2.05. The first-order valence-electron chi connectivity index (χ1n) is 5.67. The monoisotopic (exact) mass is 248 g/mol. The number of rotatable bonds is 8. The third kappa shape index (κ3) is 5.74. The molecule has 1 aromatic heterocycles. The van der Waals surface area contributed by atoms with Crippen LogP contribution in [0.2, 0.25) is 0 Å².